The predicted octanol–water partition coefficient (Wildman–Crippen LogP) is 2.20. The molecule has 9 heteroatoms. The van der Waals surface area contributed by atoms with E-state index in [4.69, 9.17) is 0 Å². The fourth-order valence-electron chi connectivity index (χ4n) is 2.86. The zero-order valence-corrected chi connectivity index (χ0v) is 16.2. The van der Waals surface area contributed by atoms with Crippen LogP contribution >= 0.6 is 36.2 Å². The molecular weight excluding hydrogens is 369 g/mol. The van der Waals surface area contributed by atoms with Gasteiger partial charge < -0.3 is 10.6 Å². The highest BCUT2D eigenvalue weighted by atomic mass is 35.5. The molecule has 2 aromatic heterocycles. The fourth-order valence-corrected chi connectivity index (χ4v) is 3.73. The monoisotopic (exact) mass is 391 g/mol. The summed E-state index contributed by atoms with van der Waals surface area (Å²) < 4.78 is 1.81. The summed E-state index contributed by atoms with van der Waals surface area (Å²) in [5.41, 5.74) is 0.453. The van der Waals surface area contributed by atoms with Crippen molar-refractivity contribution in [3.8, 4) is 0 Å². The normalized spacial score (nSPS) is 15.9. The van der Waals surface area contributed by atoms with E-state index in [0.29, 0.717) is 6.54 Å². The fraction of sp³-hybridized carbons (Fsp3) is 0.533. The largest absolute Gasteiger partial charge is 0.347 e. The predicted molar refractivity (Wildman–Crippen MR) is 100 cm³/mol. The van der Waals surface area contributed by atoms with Crippen molar-refractivity contribution >= 4 is 42.1 Å². The highest BCUT2D eigenvalue weighted by molar-refractivity contribution is 7.11. The van der Waals surface area contributed by atoms with Crippen LogP contribution in [-0.4, -0.2) is 33.8 Å². The quantitative estimate of drug-likeness (QED) is 0.837. The first kappa shape index (κ1) is 20.9. The Labute approximate surface area is 158 Å². The molecular formula is C15H23Cl2N5OS. The summed E-state index contributed by atoms with van der Waals surface area (Å²) in [6.07, 6.45) is 5.10. The van der Waals surface area contributed by atoms with Gasteiger partial charge in [0, 0.05) is 17.3 Å². The van der Waals surface area contributed by atoms with E-state index in [9.17, 15) is 4.79 Å². The number of rotatable bonds is 4. The van der Waals surface area contributed by atoms with Gasteiger partial charge in [0.15, 0.2) is 0 Å². The van der Waals surface area contributed by atoms with E-state index in [-0.39, 0.29) is 30.7 Å². The number of carbonyl (C=O) groups excluding carboxylic acids is 1. The molecule has 2 N–H and O–H groups in total. The minimum absolute atomic E-state index is 0. The lowest BCUT2D eigenvalue weighted by atomic mass is 9.87. The molecule has 0 spiro atoms. The van der Waals surface area contributed by atoms with Crippen molar-refractivity contribution in [3.05, 3.63) is 34.0 Å². The Morgan fingerprint density at radius 2 is 2.08 bits per heavy atom. The number of hydrogen-bond acceptors (Lipinski definition) is 5. The number of piperidine rings is 1. The first-order chi connectivity index (χ1) is 10.6. The van der Waals surface area contributed by atoms with Crippen molar-refractivity contribution in [2.45, 2.75) is 38.8 Å². The first-order valence-corrected chi connectivity index (χ1v) is 8.35. The average Bonchev–Trinajstić information content (AvgIpc) is 3.17. The molecule has 0 bridgehead atoms. The van der Waals surface area contributed by atoms with Crippen LogP contribution in [0.4, 0.5) is 0 Å². The van der Waals surface area contributed by atoms with Crippen LogP contribution in [0.15, 0.2) is 18.5 Å². The Balaban J connectivity index is 0.00000144. The van der Waals surface area contributed by atoms with Crippen LogP contribution in [0, 0.1) is 13.8 Å². The van der Waals surface area contributed by atoms with Crippen LogP contribution in [0.25, 0.3) is 0 Å². The molecule has 6 nitrogen and oxygen atoms in total. The standard InChI is InChI=1S/C15H21N5OS.2ClH/c1-11-12(2)22-13(19-11)10-17-14(21)15(4-7-16-8-5-15)20-9-3-6-18-20;;/h3,6,9,16H,4-5,7-8,10H2,1-2H3,(H,17,21);2*1H. The number of thiazole rings is 1. The molecule has 0 aliphatic carbocycles. The number of amides is 1. The molecule has 0 atom stereocenters. The van der Waals surface area contributed by atoms with E-state index in [2.05, 4.69) is 27.6 Å². The third kappa shape index (κ3) is 4.08. The number of nitrogens with zero attached hydrogens (tertiary/aromatic N) is 3. The first-order valence-electron chi connectivity index (χ1n) is 7.54. The molecule has 3 rings (SSSR count). The van der Waals surface area contributed by atoms with Gasteiger partial charge in [-0.15, -0.1) is 36.2 Å². The van der Waals surface area contributed by atoms with Crippen LogP contribution < -0.4 is 10.6 Å². The molecule has 1 fully saturated rings. The Hall–Kier alpha value is -1.15. The van der Waals surface area contributed by atoms with Crippen molar-refractivity contribution in [3.63, 3.8) is 0 Å². The van der Waals surface area contributed by atoms with Crippen molar-refractivity contribution in [1.29, 1.82) is 0 Å². The van der Waals surface area contributed by atoms with Crippen LogP contribution in [-0.2, 0) is 16.9 Å². The minimum Gasteiger partial charge on any atom is -0.347 e. The minimum atomic E-state index is -0.587. The highest BCUT2D eigenvalue weighted by Gasteiger charge is 2.41. The summed E-state index contributed by atoms with van der Waals surface area (Å²) >= 11 is 1.64. The van der Waals surface area contributed by atoms with E-state index in [1.54, 1.807) is 17.5 Å². The number of hydrogen-bond donors (Lipinski definition) is 2. The van der Waals surface area contributed by atoms with E-state index < -0.39 is 5.54 Å². The van der Waals surface area contributed by atoms with E-state index >= 15 is 0 Å². The molecule has 134 valence electrons. The SMILES string of the molecule is Cc1nc(CNC(=O)C2(n3cccn3)CCNCC2)sc1C.Cl.Cl. The Morgan fingerprint density at radius 1 is 1.38 bits per heavy atom. The van der Waals surface area contributed by atoms with Gasteiger partial charge in [-0.3, -0.25) is 9.48 Å². The van der Waals surface area contributed by atoms with Gasteiger partial charge in [-0.05, 0) is 45.8 Å². The maximum Gasteiger partial charge on any atom is 0.248 e. The molecule has 1 amide bonds. The number of aryl methyl sites for hydroxylation is 2. The third-order valence-electron chi connectivity index (χ3n) is 4.27. The van der Waals surface area contributed by atoms with E-state index in [0.717, 1.165) is 36.6 Å². The van der Waals surface area contributed by atoms with Gasteiger partial charge in [0.05, 0.1) is 12.2 Å². The second-order valence-electron chi connectivity index (χ2n) is 5.66. The number of halogens is 2. The molecule has 24 heavy (non-hydrogen) atoms. The van der Waals surface area contributed by atoms with E-state index in [1.165, 1.54) is 4.88 Å². The molecule has 1 aliphatic rings. The third-order valence-corrected chi connectivity index (χ3v) is 5.34. The van der Waals surface area contributed by atoms with Crippen LogP contribution in [0.1, 0.15) is 28.4 Å². The molecule has 1 aliphatic heterocycles. The summed E-state index contributed by atoms with van der Waals surface area (Å²) in [4.78, 5) is 18.5. The molecule has 2 aromatic rings. The Morgan fingerprint density at radius 3 is 2.62 bits per heavy atom. The number of nitrogens with one attached hydrogen (secondary N) is 2. The van der Waals surface area contributed by atoms with Gasteiger partial charge in [-0.2, -0.15) is 5.10 Å². The van der Waals surface area contributed by atoms with Gasteiger partial charge in [0.25, 0.3) is 0 Å². The second-order valence-corrected chi connectivity index (χ2v) is 6.95. The lowest BCUT2D eigenvalue weighted by molar-refractivity contribution is -0.132. The molecule has 0 unspecified atom stereocenters. The van der Waals surface area contributed by atoms with Gasteiger partial charge in [-0.25, -0.2) is 4.98 Å². The molecule has 0 saturated carbocycles. The molecule has 3 heterocycles. The van der Waals surface area contributed by atoms with Crippen LogP contribution in [0.3, 0.4) is 0 Å². The van der Waals surface area contributed by atoms with Gasteiger partial charge in [0.1, 0.15) is 10.5 Å². The topological polar surface area (TPSA) is 71.8 Å². The zero-order chi connectivity index (χ0) is 15.6. The van der Waals surface area contributed by atoms with Crippen molar-refractivity contribution in [2.24, 2.45) is 0 Å². The molecule has 0 radical (unpaired) electrons. The maximum absolute atomic E-state index is 12.9. The molecule has 1 saturated heterocycles. The Bertz CT molecular complexity index is 633. The lowest BCUT2D eigenvalue weighted by Crippen LogP contribution is -2.54. The summed E-state index contributed by atoms with van der Waals surface area (Å²) in [5.74, 6) is 0.0307. The van der Waals surface area contributed by atoms with Gasteiger partial charge in [0.2, 0.25) is 5.91 Å². The van der Waals surface area contributed by atoms with Crippen LogP contribution in [0.5, 0.6) is 0 Å². The van der Waals surface area contributed by atoms with Gasteiger partial charge >= 0.3 is 0 Å². The zero-order valence-electron chi connectivity index (χ0n) is 13.7. The number of aromatic nitrogens is 3. The summed E-state index contributed by atoms with van der Waals surface area (Å²) in [5, 5.41) is 11.6. The average molecular weight is 392 g/mol. The van der Waals surface area contributed by atoms with Crippen molar-refractivity contribution in [1.82, 2.24) is 25.4 Å². The summed E-state index contributed by atoms with van der Waals surface area (Å²) in [6.45, 7) is 6.17. The van der Waals surface area contributed by atoms with Crippen molar-refractivity contribution in [2.75, 3.05) is 13.1 Å². The molecule has 0 aromatic carbocycles. The smallest absolute Gasteiger partial charge is 0.248 e. The van der Waals surface area contributed by atoms with Crippen LogP contribution in [0.2, 0.25) is 0 Å². The highest BCUT2D eigenvalue weighted by Crippen LogP contribution is 2.27. The van der Waals surface area contributed by atoms with Crippen molar-refractivity contribution < 1.29 is 4.79 Å². The van der Waals surface area contributed by atoms with E-state index in [1.807, 2.05) is 23.9 Å². The Kier molecular flexibility index (Phi) is 7.66. The summed E-state index contributed by atoms with van der Waals surface area (Å²) in [6, 6.07) is 1.87. The number of carbonyl (C=O) groups is 1. The maximum atomic E-state index is 12.9. The second kappa shape index (κ2) is 8.80. The summed E-state index contributed by atoms with van der Waals surface area (Å²) in [7, 11) is 0. The lowest BCUT2D eigenvalue weighted by Gasteiger charge is -2.36. The van der Waals surface area contributed by atoms with Gasteiger partial charge in [-0.1, -0.05) is 0 Å².